The highest BCUT2D eigenvalue weighted by Gasteiger charge is 2.31. The molecule has 12 nitrogen and oxygen atoms in total. The van der Waals surface area contributed by atoms with Crippen LogP contribution in [-0.4, -0.2) is 62.1 Å². The molecule has 0 atom stereocenters. The van der Waals surface area contributed by atoms with E-state index >= 15 is 0 Å². The van der Waals surface area contributed by atoms with Crippen LogP contribution in [0.15, 0.2) is 153 Å². The molecule has 0 aliphatic rings. The zero-order chi connectivity index (χ0) is 39.7. The van der Waals surface area contributed by atoms with Crippen LogP contribution in [0.1, 0.15) is 18.4 Å². The second-order valence-electron chi connectivity index (χ2n) is 13.3. The summed E-state index contributed by atoms with van der Waals surface area (Å²) in [5, 5.41) is 4.08. The standard InChI is InChI=1S/C43H37F3N12/c44-43(45,46)34-14-8-13-33(27-34)38-29-40(54-42(52-38)36-16-5-7-18-50-36)58(24-10-22-56-26-20-48-31-56)57(23-9-21-55-25-19-47-30-55)39-28-37(32-11-2-1-3-12-32)51-41(53-39)35-15-4-6-17-49-35/h1-8,11-20,25-31H,9-10,21-24H2. The van der Waals surface area contributed by atoms with E-state index < -0.39 is 11.7 Å². The lowest BCUT2D eigenvalue weighted by molar-refractivity contribution is -0.137. The van der Waals surface area contributed by atoms with Crippen molar-refractivity contribution in [2.24, 2.45) is 0 Å². The van der Waals surface area contributed by atoms with E-state index in [4.69, 9.17) is 19.9 Å². The molecular formula is C43H37F3N12. The Hall–Kier alpha value is -7.29. The molecular weight excluding hydrogens is 742 g/mol. The topological polar surface area (TPSA) is 119 Å². The minimum absolute atomic E-state index is 0.255. The Labute approximate surface area is 332 Å². The third kappa shape index (κ3) is 9.05. The highest BCUT2D eigenvalue weighted by molar-refractivity contribution is 5.71. The number of hydrazine groups is 1. The van der Waals surface area contributed by atoms with Crippen molar-refractivity contribution < 1.29 is 13.2 Å². The van der Waals surface area contributed by atoms with Gasteiger partial charge in [0.15, 0.2) is 23.3 Å². The first-order valence-corrected chi connectivity index (χ1v) is 18.7. The minimum Gasteiger partial charge on any atom is -0.337 e. The Morgan fingerprint density at radius 1 is 0.500 bits per heavy atom. The summed E-state index contributed by atoms with van der Waals surface area (Å²) in [6.07, 6.45) is 10.9. The van der Waals surface area contributed by atoms with Crippen molar-refractivity contribution >= 4 is 11.6 Å². The number of alkyl halides is 3. The van der Waals surface area contributed by atoms with Gasteiger partial charge in [0.25, 0.3) is 0 Å². The quantitative estimate of drug-likeness (QED) is 0.0937. The van der Waals surface area contributed by atoms with Crippen LogP contribution in [0, 0.1) is 0 Å². The average molecular weight is 779 g/mol. The number of halogens is 3. The van der Waals surface area contributed by atoms with Crippen LogP contribution in [-0.2, 0) is 19.3 Å². The molecule has 0 fully saturated rings. The summed E-state index contributed by atoms with van der Waals surface area (Å²) >= 11 is 0. The number of aromatic nitrogens is 10. The largest absolute Gasteiger partial charge is 0.416 e. The molecule has 15 heteroatoms. The fraction of sp³-hybridized carbons (Fsp3) is 0.163. The van der Waals surface area contributed by atoms with Crippen LogP contribution >= 0.6 is 0 Å². The summed E-state index contributed by atoms with van der Waals surface area (Å²) in [6, 6.07) is 29.6. The van der Waals surface area contributed by atoms with Crippen LogP contribution in [0.4, 0.5) is 24.8 Å². The molecule has 8 aromatic rings. The summed E-state index contributed by atoms with van der Waals surface area (Å²) in [4.78, 5) is 37.6. The summed E-state index contributed by atoms with van der Waals surface area (Å²) in [5.74, 6) is 1.69. The van der Waals surface area contributed by atoms with E-state index in [2.05, 4.69) is 24.9 Å². The van der Waals surface area contributed by atoms with Crippen molar-refractivity contribution in [3.63, 3.8) is 0 Å². The van der Waals surface area contributed by atoms with Crippen LogP contribution in [0.25, 0.3) is 45.6 Å². The van der Waals surface area contributed by atoms with Crippen LogP contribution in [0.3, 0.4) is 0 Å². The first-order chi connectivity index (χ1) is 28.4. The van der Waals surface area contributed by atoms with Crippen LogP contribution in [0.5, 0.6) is 0 Å². The van der Waals surface area contributed by atoms with E-state index in [1.54, 1.807) is 61.7 Å². The maximum absolute atomic E-state index is 14.0. The predicted octanol–water partition coefficient (Wildman–Crippen LogP) is 8.55. The zero-order valence-electron chi connectivity index (χ0n) is 31.2. The SMILES string of the molecule is FC(F)(F)c1cccc(-c2cc(N(CCCn3ccnc3)N(CCCn3ccnc3)c3cc(-c4ccccc4)nc(-c4ccccn4)n3)nc(-c3ccccn3)n2)c1. The summed E-state index contributed by atoms with van der Waals surface area (Å²) < 4.78 is 46.1. The van der Waals surface area contributed by atoms with Crippen molar-refractivity contribution in [1.82, 2.24) is 49.0 Å². The Kier molecular flexibility index (Phi) is 11.2. The van der Waals surface area contributed by atoms with E-state index in [0.717, 1.165) is 17.7 Å². The number of benzene rings is 2. The Morgan fingerprint density at radius 2 is 1.02 bits per heavy atom. The zero-order valence-corrected chi connectivity index (χ0v) is 31.2. The van der Waals surface area contributed by atoms with Crippen molar-refractivity contribution in [3.05, 3.63) is 159 Å². The molecule has 6 heterocycles. The molecule has 0 aliphatic heterocycles. The second-order valence-corrected chi connectivity index (χ2v) is 13.3. The molecule has 6 aromatic heterocycles. The van der Waals surface area contributed by atoms with Gasteiger partial charge in [0.1, 0.15) is 11.4 Å². The maximum Gasteiger partial charge on any atom is 0.416 e. The maximum atomic E-state index is 14.0. The van der Waals surface area contributed by atoms with Gasteiger partial charge in [-0.05, 0) is 49.2 Å². The average Bonchev–Trinajstić information content (AvgIpc) is 4.00. The van der Waals surface area contributed by atoms with Crippen molar-refractivity contribution in [2.75, 3.05) is 23.1 Å². The molecule has 0 N–H and O–H groups in total. The van der Waals surface area contributed by atoms with Gasteiger partial charge in [0, 0.05) is 86.6 Å². The molecule has 0 saturated heterocycles. The van der Waals surface area contributed by atoms with Crippen molar-refractivity contribution in [3.8, 4) is 45.6 Å². The van der Waals surface area contributed by atoms with Gasteiger partial charge in [0.2, 0.25) is 0 Å². The van der Waals surface area contributed by atoms with Gasteiger partial charge < -0.3 is 9.13 Å². The molecule has 0 bridgehead atoms. The molecule has 0 spiro atoms. The van der Waals surface area contributed by atoms with E-state index in [0.29, 0.717) is 79.3 Å². The monoisotopic (exact) mass is 778 g/mol. The molecule has 8 rings (SSSR count). The number of rotatable bonds is 15. The number of pyridine rings is 2. The second kappa shape index (κ2) is 17.2. The van der Waals surface area contributed by atoms with E-state index in [9.17, 15) is 13.2 Å². The smallest absolute Gasteiger partial charge is 0.337 e. The molecule has 58 heavy (non-hydrogen) atoms. The number of hydrogen-bond acceptors (Lipinski definition) is 10. The molecule has 0 aliphatic carbocycles. The lowest BCUT2D eigenvalue weighted by Gasteiger charge is -2.37. The van der Waals surface area contributed by atoms with E-state index in [1.165, 1.54) is 6.07 Å². The number of nitrogens with zero attached hydrogens (tertiary/aromatic N) is 12. The highest BCUT2D eigenvalue weighted by atomic mass is 19.4. The molecule has 0 amide bonds. The summed E-state index contributed by atoms with van der Waals surface area (Å²) in [6.45, 7) is 2.17. The Morgan fingerprint density at radius 3 is 1.50 bits per heavy atom. The van der Waals surface area contributed by atoms with Crippen molar-refractivity contribution in [2.45, 2.75) is 32.1 Å². The highest BCUT2D eigenvalue weighted by Crippen LogP contribution is 2.34. The number of anilines is 2. The van der Waals surface area contributed by atoms with Crippen LogP contribution in [0.2, 0.25) is 0 Å². The number of hydrogen-bond donors (Lipinski definition) is 0. The molecule has 0 unspecified atom stereocenters. The Balaban J connectivity index is 1.31. The fourth-order valence-corrected chi connectivity index (χ4v) is 6.47. The lowest BCUT2D eigenvalue weighted by Crippen LogP contribution is -2.46. The summed E-state index contributed by atoms with van der Waals surface area (Å²) in [7, 11) is 0. The van der Waals surface area contributed by atoms with Crippen molar-refractivity contribution in [1.29, 1.82) is 0 Å². The molecule has 0 radical (unpaired) electrons. The molecule has 2 aromatic carbocycles. The van der Waals surface area contributed by atoms with Gasteiger partial charge in [-0.1, -0.05) is 54.6 Å². The number of aryl methyl sites for hydroxylation is 2. The van der Waals surface area contributed by atoms with E-state index in [1.807, 2.05) is 87.2 Å². The van der Waals surface area contributed by atoms with Crippen LogP contribution < -0.4 is 10.0 Å². The minimum atomic E-state index is -4.55. The van der Waals surface area contributed by atoms with Gasteiger partial charge in [-0.25, -0.2) is 29.9 Å². The van der Waals surface area contributed by atoms with Gasteiger partial charge in [0.05, 0.1) is 29.6 Å². The fourth-order valence-electron chi connectivity index (χ4n) is 6.47. The van der Waals surface area contributed by atoms with Gasteiger partial charge in [-0.3, -0.25) is 20.0 Å². The number of imidazole rings is 2. The summed E-state index contributed by atoms with van der Waals surface area (Å²) in [5.41, 5.74) is 2.44. The Bertz CT molecular complexity index is 2460. The first-order valence-electron chi connectivity index (χ1n) is 18.7. The lowest BCUT2D eigenvalue weighted by atomic mass is 10.1. The first kappa shape index (κ1) is 37.6. The third-order valence-corrected chi connectivity index (χ3v) is 9.28. The van der Waals surface area contributed by atoms with Gasteiger partial charge >= 0.3 is 6.18 Å². The van der Waals surface area contributed by atoms with Gasteiger partial charge in [-0.2, -0.15) is 13.2 Å². The predicted molar refractivity (Wildman–Crippen MR) is 215 cm³/mol. The van der Waals surface area contributed by atoms with E-state index in [-0.39, 0.29) is 11.4 Å². The normalized spacial score (nSPS) is 11.4. The third-order valence-electron chi connectivity index (χ3n) is 9.28. The molecule has 290 valence electrons. The van der Waals surface area contributed by atoms with Gasteiger partial charge in [-0.15, -0.1) is 0 Å². The molecule has 0 saturated carbocycles.